The van der Waals surface area contributed by atoms with E-state index in [1.165, 1.54) is 0 Å². The highest BCUT2D eigenvalue weighted by atomic mass is 79.9. The van der Waals surface area contributed by atoms with Gasteiger partial charge in [-0.05, 0) is 48.2 Å². The second-order valence-electron chi connectivity index (χ2n) is 4.97. The largest absolute Gasteiger partial charge is 0.508 e. The maximum absolute atomic E-state index is 10.0. The van der Waals surface area contributed by atoms with Gasteiger partial charge in [-0.25, -0.2) is 0 Å². The molecule has 88 valence electrons. The van der Waals surface area contributed by atoms with Gasteiger partial charge in [0.05, 0.1) is 0 Å². The molecule has 0 heterocycles. The first kappa shape index (κ1) is 11.1. The molecule has 2 aromatic carbocycles. The number of phenolic OH excluding ortho intramolecular Hbond substituents is 1. The summed E-state index contributed by atoms with van der Waals surface area (Å²) in [6.45, 7) is 0. The molecule has 3 N–H and O–H groups in total. The maximum Gasteiger partial charge on any atom is 0.119 e. The van der Waals surface area contributed by atoms with E-state index in [2.05, 4.69) is 22.0 Å². The molecule has 0 amide bonds. The van der Waals surface area contributed by atoms with Crippen molar-refractivity contribution in [3.8, 4) is 5.75 Å². The minimum atomic E-state index is -0.0845. The summed E-state index contributed by atoms with van der Waals surface area (Å²) >= 11 is 3.46. The minimum absolute atomic E-state index is 0.0845. The first-order valence-electron chi connectivity index (χ1n) is 5.76. The molecular weight excluding hydrogens is 278 g/mol. The summed E-state index contributed by atoms with van der Waals surface area (Å²) in [6, 6.07) is 9.81. The lowest BCUT2D eigenvalue weighted by Gasteiger charge is -2.13. The molecule has 0 bridgehead atoms. The van der Waals surface area contributed by atoms with Gasteiger partial charge in [0.25, 0.3) is 0 Å². The highest BCUT2D eigenvalue weighted by molar-refractivity contribution is 9.10. The average Bonchev–Trinajstić information content (AvgIpc) is 3.01. The van der Waals surface area contributed by atoms with Crippen molar-refractivity contribution in [1.82, 2.24) is 0 Å². The number of aromatic hydroxyl groups is 1. The van der Waals surface area contributed by atoms with Gasteiger partial charge in [-0.3, -0.25) is 0 Å². The van der Waals surface area contributed by atoms with Crippen LogP contribution in [0.15, 0.2) is 34.8 Å². The van der Waals surface area contributed by atoms with E-state index >= 15 is 0 Å². The number of halogens is 1. The summed E-state index contributed by atoms with van der Waals surface area (Å²) in [6.07, 6.45) is 2.87. The van der Waals surface area contributed by atoms with Crippen LogP contribution in [0, 0.1) is 0 Å². The Bertz CT molecular complexity index is 590. The van der Waals surface area contributed by atoms with Gasteiger partial charge < -0.3 is 10.8 Å². The van der Waals surface area contributed by atoms with Crippen molar-refractivity contribution in [3.63, 3.8) is 0 Å². The Labute approximate surface area is 109 Å². The first-order valence-corrected chi connectivity index (χ1v) is 6.56. The van der Waals surface area contributed by atoms with Crippen LogP contribution in [-0.2, 0) is 6.42 Å². The zero-order valence-electron chi connectivity index (χ0n) is 9.41. The molecule has 0 radical (unpaired) electrons. The monoisotopic (exact) mass is 291 g/mol. The number of benzene rings is 2. The minimum Gasteiger partial charge on any atom is -0.508 e. The SMILES string of the molecule is NC1(Cc2c(O)ccc3cc(Br)ccc23)CC1. The number of phenols is 1. The van der Waals surface area contributed by atoms with Crippen molar-refractivity contribution in [3.05, 3.63) is 40.4 Å². The van der Waals surface area contributed by atoms with Gasteiger partial charge in [-0.1, -0.05) is 28.1 Å². The number of fused-ring (bicyclic) bond motifs is 1. The lowest BCUT2D eigenvalue weighted by Crippen LogP contribution is -2.24. The fraction of sp³-hybridized carbons (Fsp3) is 0.286. The molecule has 0 spiro atoms. The van der Waals surface area contributed by atoms with E-state index in [0.717, 1.165) is 40.1 Å². The van der Waals surface area contributed by atoms with Gasteiger partial charge in [-0.15, -0.1) is 0 Å². The molecule has 0 atom stereocenters. The van der Waals surface area contributed by atoms with Crippen LogP contribution in [0.3, 0.4) is 0 Å². The van der Waals surface area contributed by atoms with E-state index in [1.54, 1.807) is 6.07 Å². The second-order valence-corrected chi connectivity index (χ2v) is 5.88. The van der Waals surface area contributed by atoms with Crippen LogP contribution in [0.1, 0.15) is 18.4 Å². The molecule has 2 aromatic rings. The summed E-state index contributed by atoms with van der Waals surface area (Å²) < 4.78 is 1.05. The maximum atomic E-state index is 10.0. The second kappa shape index (κ2) is 3.72. The van der Waals surface area contributed by atoms with Crippen molar-refractivity contribution < 1.29 is 5.11 Å². The lowest BCUT2D eigenvalue weighted by atomic mass is 9.97. The Hall–Kier alpha value is -1.06. The van der Waals surface area contributed by atoms with Gasteiger partial charge in [0.2, 0.25) is 0 Å². The van der Waals surface area contributed by atoms with Gasteiger partial charge in [0, 0.05) is 15.6 Å². The predicted octanol–water partition coefficient (Wildman–Crippen LogP) is 3.34. The van der Waals surface area contributed by atoms with Crippen LogP contribution in [-0.4, -0.2) is 10.6 Å². The van der Waals surface area contributed by atoms with Crippen LogP contribution in [0.4, 0.5) is 0 Å². The van der Waals surface area contributed by atoms with E-state index in [9.17, 15) is 5.11 Å². The molecule has 17 heavy (non-hydrogen) atoms. The Morgan fingerprint density at radius 2 is 2.00 bits per heavy atom. The van der Waals surface area contributed by atoms with Gasteiger partial charge in [0.15, 0.2) is 0 Å². The molecule has 1 aliphatic carbocycles. The molecule has 0 saturated heterocycles. The topological polar surface area (TPSA) is 46.2 Å². The van der Waals surface area contributed by atoms with E-state index < -0.39 is 0 Å². The first-order chi connectivity index (χ1) is 8.07. The zero-order chi connectivity index (χ0) is 12.0. The number of hydrogen-bond donors (Lipinski definition) is 2. The number of rotatable bonds is 2. The zero-order valence-corrected chi connectivity index (χ0v) is 11.0. The molecule has 0 aromatic heterocycles. The summed E-state index contributed by atoms with van der Waals surface area (Å²) in [5.74, 6) is 0.358. The molecule has 1 saturated carbocycles. The van der Waals surface area contributed by atoms with Crippen molar-refractivity contribution in [2.45, 2.75) is 24.8 Å². The number of hydrogen-bond acceptors (Lipinski definition) is 2. The normalized spacial score (nSPS) is 17.3. The molecule has 1 aliphatic rings. The summed E-state index contributed by atoms with van der Waals surface area (Å²) in [5.41, 5.74) is 7.05. The summed E-state index contributed by atoms with van der Waals surface area (Å²) in [5, 5.41) is 12.2. The average molecular weight is 292 g/mol. The van der Waals surface area contributed by atoms with Gasteiger partial charge in [-0.2, -0.15) is 0 Å². The van der Waals surface area contributed by atoms with Crippen LogP contribution in [0.25, 0.3) is 10.8 Å². The van der Waals surface area contributed by atoms with Crippen LogP contribution >= 0.6 is 15.9 Å². The summed E-state index contributed by atoms with van der Waals surface area (Å²) in [7, 11) is 0. The van der Waals surface area contributed by atoms with Crippen LogP contribution < -0.4 is 5.73 Å². The van der Waals surface area contributed by atoms with Gasteiger partial charge >= 0.3 is 0 Å². The fourth-order valence-corrected chi connectivity index (χ4v) is 2.61. The smallest absolute Gasteiger partial charge is 0.119 e. The van der Waals surface area contributed by atoms with Gasteiger partial charge in [0.1, 0.15) is 5.75 Å². The molecular formula is C14H14BrNO. The third-order valence-corrected chi connectivity index (χ3v) is 3.98. The molecule has 3 heteroatoms. The third kappa shape index (κ3) is 2.05. The Kier molecular flexibility index (Phi) is 2.42. The Morgan fingerprint density at radius 1 is 1.24 bits per heavy atom. The third-order valence-electron chi connectivity index (χ3n) is 3.49. The quantitative estimate of drug-likeness (QED) is 0.891. The van der Waals surface area contributed by atoms with Crippen molar-refractivity contribution >= 4 is 26.7 Å². The summed E-state index contributed by atoms with van der Waals surface area (Å²) in [4.78, 5) is 0. The van der Waals surface area contributed by atoms with Crippen LogP contribution in [0.2, 0.25) is 0 Å². The molecule has 1 fully saturated rings. The molecule has 0 unspecified atom stereocenters. The Balaban J connectivity index is 2.17. The predicted molar refractivity (Wildman–Crippen MR) is 73.2 cm³/mol. The van der Waals surface area contributed by atoms with Crippen molar-refractivity contribution in [2.75, 3.05) is 0 Å². The highest BCUT2D eigenvalue weighted by Crippen LogP contribution is 2.40. The van der Waals surface area contributed by atoms with E-state index in [4.69, 9.17) is 5.73 Å². The highest BCUT2D eigenvalue weighted by Gasteiger charge is 2.39. The Morgan fingerprint density at radius 3 is 2.71 bits per heavy atom. The number of nitrogens with two attached hydrogens (primary N) is 1. The van der Waals surface area contributed by atoms with E-state index in [-0.39, 0.29) is 5.54 Å². The van der Waals surface area contributed by atoms with E-state index in [0.29, 0.717) is 5.75 Å². The molecule has 2 nitrogen and oxygen atoms in total. The molecule has 3 rings (SSSR count). The van der Waals surface area contributed by atoms with E-state index in [1.807, 2.05) is 18.2 Å². The van der Waals surface area contributed by atoms with Crippen LogP contribution in [0.5, 0.6) is 5.75 Å². The van der Waals surface area contributed by atoms with Crippen molar-refractivity contribution in [2.24, 2.45) is 5.73 Å². The molecule has 0 aliphatic heterocycles. The standard InChI is InChI=1S/C14H14BrNO/c15-10-2-3-11-9(7-10)1-4-13(17)12(11)8-14(16)5-6-14/h1-4,7,17H,5-6,8,16H2. The fourth-order valence-electron chi connectivity index (χ4n) is 2.23. The van der Waals surface area contributed by atoms with Crippen molar-refractivity contribution in [1.29, 1.82) is 0 Å². The lowest BCUT2D eigenvalue weighted by molar-refractivity contribution is 0.465.